The van der Waals surface area contributed by atoms with Gasteiger partial charge in [-0.1, -0.05) is 25.5 Å². The van der Waals surface area contributed by atoms with E-state index in [0.29, 0.717) is 6.42 Å². The summed E-state index contributed by atoms with van der Waals surface area (Å²) in [6.45, 7) is 1.88. The molecule has 0 unspecified atom stereocenters. The van der Waals surface area contributed by atoms with Gasteiger partial charge in [-0.25, -0.2) is 0 Å². The van der Waals surface area contributed by atoms with Crippen LogP contribution in [0.2, 0.25) is 0 Å². The maximum absolute atomic E-state index is 12.8. The minimum Gasteiger partial charge on any atom is -0.428 e. The van der Waals surface area contributed by atoms with Gasteiger partial charge in [-0.15, -0.1) is 0 Å². The molecular formula is C13H14F4O2. The van der Waals surface area contributed by atoms with Crippen molar-refractivity contribution in [2.24, 2.45) is 0 Å². The number of ether oxygens (including phenoxy) is 1. The van der Waals surface area contributed by atoms with Gasteiger partial charge in [0.1, 0.15) is 5.75 Å². The fourth-order valence-electron chi connectivity index (χ4n) is 1.45. The normalized spacial score (nSPS) is 11.7. The number of rotatable bonds is 7. The van der Waals surface area contributed by atoms with Crippen LogP contribution >= 0.6 is 0 Å². The molecule has 0 spiro atoms. The highest BCUT2D eigenvalue weighted by atomic mass is 19.3. The quantitative estimate of drug-likeness (QED) is 0.549. The van der Waals surface area contributed by atoms with Crippen LogP contribution in [-0.4, -0.2) is 18.3 Å². The van der Waals surface area contributed by atoms with Gasteiger partial charge in [0.05, 0.1) is 5.56 Å². The second kappa shape index (κ2) is 6.54. The molecule has 0 amide bonds. The predicted molar refractivity (Wildman–Crippen MR) is 61.9 cm³/mol. The van der Waals surface area contributed by atoms with Gasteiger partial charge < -0.3 is 4.74 Å². The molecule has 0 aliphatic carbocycles. The lowest BCUT2D eigenvalue weighted by Crippen LogP contribution is -2.34. The summed E-state index contributed by atoms with van der Waals surface area (Å²) >= 11 is 0. The number of carbonyl (C=O) groups excluding carboxylic acids is 1. The van der Waals surface area contributed by atoms with Crippen molar-refractivity contribution >= 4 is 5.78 Å². The molecule has 0 aliphatic heterocycles. The zero-order valence-corrected chi connectivity index (χ0v) is 10.3. The highest BCUT2D eigenvalue weighted by Gasteiger charge is 2.44. The molecule has 1 aromatic rings. The molecule has 0 N–H and O–H groups in total. The van der Waals surface area contributed by atoms with E-state index in [9.17, 15) is 22.4 Å². The van der Waals surface area contributed by atoms with Crippen molar-refractivity contribution in [3.63, 3.8) is 0 Å². The van der Waals surface area contributed by atoms with Crippen molar-refractivity contribution < 1.29 is 27.1 Å². The number of hydrogen-bond donors (Lipinski definition) is 0. The van der Waals surface area contributed by atoms with Crippen molar-refractivity contribution in [3.05, 3.63) is 29.8 Å². The summed E-state index contributed by atoms with van der Waals surface area (Å²) in [6, 6.07) is 5.17. The lowest BCUT2D eigenvalue weighted by molar-refractivity contribution is -0.253. The molecule has 19 heavy (non-hydrogen) atoms. The average Bonchev–Trinajstić information content (AvgIpc) is 2.36. The van der Waals surface area contributed by atoms with Crippen molar-refractivity contribution in [1.82, 2.24) is 0 Å². The highest BCUT2D eigenvalue weighted by molar-refractivity contribution is 5.98. The molecule has 0 saturated heterocycles. The Hall–Kier alpha value is -1.59. The third-order valence-electron chi connectivity index (χ3n) is 2.44. The Morgan fingerprint density at radius 3 is 2.53 bits per heavy atom. The third-order valence-corrected chi connectivity index (χ3v) is 2.44. The van der Waals surface area contributed by atoms with Crippen LogP contribution in [0.15, 0.2) is 24.3 Å². The lowest BCUT2D eigenvalue weighted by atomic mass is 10.0. The second-order valence-electron chi connectivity index (χ2n) is 3.99. The SMILES string of the molecule is CCCCC(=O)c1ccccc1OC(F)(F)C(F)F. The zero-order chi connectivity index (χ0) is 14.5. The minimum absolute atomic E-state index is 0.101. The molecule has 0 aliphatic rings. The van der Waals surface area contributed by atoms with Gasteiger partial charge in [-0.05, 0) is 18.6 Å². The molecule has 1 aromatic carbocycles. The van der Waals surface area contributed by atoms with E-state index >= 15 is 0 Å². The number of benzene rings is 1. The van der Waals surface area contributed by atoms with Crippen LogP contribution in [-0.2, 0) is 0 Å². The maximum Gasteiger partial charge on any atom is 0.461 e. The summed E-state index contributed by atoms with van der Waals surface area (Å²) in [6.07, 6.45) is -7.04. The maximum atomic E-state index is 12.8. The van der Waals surface area contributed by atoms with Crippen LogP contribution in [0.4, 0.5) is 17.6 Å². The number of ketones is 1. The Balaban J connectivity index is 2.93. The monoisotopic (exact) mass is 278 g/mol. The average molecular weight is 278 g/mol. The molecule has 0 saturated carbocycles. The summed E-state index contributed by atoms with van der Waals surface area (Å²) in [4.78, 5) is 11.8. The first-order valence-corrected chi connectivity index (χ1v) is 5.85. The van der Waals surface area contributed by atoms with Crippen molar-refractivity contribution in [2.45, 2.75) is 38.7 Å². The van der Waals surface area contributed by atoms with Crippen LogP contribution < -0.4 is 4.74 Å². The largest absolute Gasteiger partial charge is 0.461 e. The standard InChI is InChI=1S/C13H14F4O2/c1-2-3-7-10(18)9-6-4-5-8-11(9)19-13(16,17)12(14)15/h4-6,8,12H,2-3,7H2,1H3. The number of unbranched alkanes of at least 4 members (excludes halogenated alkanes) is 1. The predicted octanol–water partition coefficient (Wildman–Crippen LogP) is 4.30. The molecular weight excluding hydrogens is 264 g/mol. The van der Waals surface area contributed by atoms with E-state index in [1.54, 1.807) is 0 Å². The van der Waals surface area contributed by atoms with Crippen LogP contribution in [0, 0.1) is 0 Å². The number of carbonyl (C=O) groups is 1. The summed E-state index contributed by atoms with van der Waals surface area (Å²) in [5.74, 6) is -0.920. The van der Waals surface area contributed by atoms with Crippen molar-refractivity contribution in [3.8, 4) is 5.75 Å². The number of alkyl halides is 4. The topological polar surface area (TPSA) is 26.3 Å². The van der Waals surface area contributed by atoms with E-state index in [-0.39, 0.29) is 12.0 Å². The first-order valence-electron chi connectivity index (χ1n) is 5.85. The molecule has 1 rings (SSSR count). The Morgan fingerprint density at radius 1 is 1.32 bits per heavy atom. The number of para-hydroxylation sites is 1. The molecule has 106 valence electrons. The second-order valence-corrected chi connectivity index (χ2v) is 3.99. The van der Waals surface area contributed by atoms with Crippen molar-refractivity contribution in [2.75, 3.05) is 0 Å². The van der Waals surface area contributed by atoms with Gasteiger partial charge in [0.2, 0.25) is 0 Å². The Labute approximate surface area is 108 Å². The molecule has 2 nitrogen and oxygen atoms in total. The lowest BCUT2D eigenvalue weighted by Gasteiger charge is -2.18. The third kappa shape index (κ3) is 4.22. The summed E-state index contributed by atoms with van der Waals surface area (Å²) in [7, 11) is 0. The van der Waals surface area contributed by atoms with Crippen LogP contribution in [0.3, 0.4) is 0 Å². The molecule has 0 heterocycles. The molecule has 6 heteroatoms. The molecule has 0 atom stereocenters. The van der Waals surface area contributed by atoms with E-state index in [1.807, 2.05) is 6.92 Å². The van der Waals surface area contributed by atoms with Gasteiger partial charge in [-0.3, -0.25) is 4.79 Å². The summed E-state index contributed by atoms with van der Waals surface area (Å²) < 4.78 is 53.8. The fourth-order valence-corrected chi connectivity index (χ4v) is 1.45. The van der Waals surface area contributed by atoms with Gasteiger partial charge in [0.15, 0.2) is 5.78 Å². The Bertz CT molecular complexity index is 432. The van der Waals surface area contributed by atoms with E-state index < -0.39 is 24.1 Å². The van der Waals surface area contributed by atoms with Gasteiger partial charge in [0, 0.05) is 6.42 Å². The zero-order valence-electron chi connectivity index (χ0n) is 10.3. The number of hydrogen-bond acceptors (Lipinski definition) is 2. The van der Waals surface area contributed by atoms with Gasteiger partial charge in [0.25, 0.3) is 0 Å². The van der Waals surface area contributed by atoms with Crippen LogP contribution in [0.25, 0.3) is 0 Å². The highest BCUT2D eigenvalue weighted by Crippen LogP contribution is 2.30. The van der Waals surface area contributed by atoms with E-state index in [2.05, 4.69) is 4.74 Å². The van der Waals surface area contributed by atoms with E-state index in [0.717, 1.165) is 12.5 Å². The molecule has 0 fully saturated rings. The molecule has 0 radical (unpaired) electrons. The summed E-state index contributed by atoms with van der Waals surface area (Å²) in [5, 5.41) is 0. The first kappa shape index (κ1) is 15.5. The van der Waals surface area contributed by atoms with Crippen LogP contribution in [0.1, 0.15) is 36.5 Å². The Kier molecular flexibility index (Phi) is 5.32. The number of halogens is 4. The van der Waals surface area contributed by atoms with Gasteiger partial charge in [-0.2, -0.15) is 17.6 Å². The first-order chi connectivity index (χ1) is 8.88. The molecule has 0 bridgehead atoms. The summed E-state index contributed by atoms with van der Waals surface area (Å²) in [5.41, 5.74) is -0.101. The Morgan fingerprint density at radius 2 is 1.95 bits per heavy atom. The smallest absolute Gasteiger partial charge is 0.428 e. The van der Waals surface area contributed by atoms with E-state index in [1.165, 1.54) is 18.2 Å². The fraction of sp³-hybridized carbons (Fsp3) is 0.462. The van der Waals surface area contributed by atoms with Gasteiger partial charge >= 0.3 is 12.5 Å². The van der Waals surface area contributed by atoms with E-state index in [4.69, 9.17) is 0 Å². The molecule has 0 aromatic heterocycles. The van der Waals surface area contributed by atoms with Crippen LogP contribution in [0.5, 0.6) is 5.75 Å². The van der Waals surface area contributed by atoms with Crippen molar-refractivity contribution in [1.29, 1.82) is 0 Å². The minimum atomic E-state index is -4.61. The number of Topliss-reactive ketones (excluding diaryl/α,β-unsaturated/α-hetero) is 1.